The lowest BCUT2D eigenvalue weighted by molar-refractivity contribution is -0.131. The lowest BCUT2D eigenvalue weighted by atomic mass is 9.51. The van der Waals surface area contributed by atoms with Crippen molar-refractivity contribution in [2.45, 2.75) is 44.9 Å². The number of carbonyl (C=O) groups is 1. The number of benzene rings is 1. The average Bonchev–Trinajstić information content (AvgIpc) is 2.55. The van der Waals surface area contributed by atoms with Gasteiger partial charge in [0, 0.05) is 5.41 Å². The van der Waals surface area contributed by atoms with E-state index in [9.17, 15) is 4.79 Å². The van der Waals surface area contributed by atoms with E-state index in [-0.39, 0.29) is 5.41 Å². The number of carbonyl (C=O) groups excluding carboxylic acids is 1. The molecule has 0 saturated heterocycles. The zero-order chi connectivity index (χ0) is 15.3. The van der Waals surface area contributed by atoms with Gasteiger partial charge in [-0.25, -0.2) is 0 Å². The van der Waals surface area contributed by atoms with Crippen molar-refractivity contribution < 1.29 is 9.53 Å². The molecule has 1 fully saturated rings. The molecule has 0 amide bonds. The third-order valence-corrected chi connectivity index (χ3v) is 6.55. The molecule has 1 aromatic carbocycles. The highest BCUT2D eigenvalue weighted by molar-refractivity contribution is 5.95. The number of fused-ring (bicyclic) bond motifs is 5. The van der Waals surface area contributed by atoms with Crippen LogP contribution in [-0.4, -0.2) is 12.9 Å². The van der Waals surface area contributed by atoms with Gasteiger partial charge in [0.15, 0.2) is 5.78 Å². The van der Waals surface area contributed by atoms with Crippen LogP contribution in [0.15, 0.2) is 30.4 Å². The number of hydrogen-bond donors (Lipinski definition) is 0. The summed E-state index contributed by atoms with van der Waals surface area (Å²) in [5.41, 5.74) is 2.86. The number of hydrogen-bond acceptors (Lipinski definition) is 2. The minimum absolute atomic E-state index is 0.111. The van der Waals surface area contributed by atoms with Gasteiger partial charge in [0.25, 0.3) is 0 Å². The summed E-state index contributed by atoms with van der Waals surface area (Å²) in [6, 6.07) is 6.58. The molecule has 1 saturated carbocycles. The van der Waals surface area contributed by atoms with Crippen molar-refractivity contribution in [1.29, 1.82) is 0 Å². The standard InChI is InChI=1S/C20H24O2/c1-20-11-10-16-15-9-7-14(22-2)12-13(15)6-8-17(16)18(20)4-3-5-19(20)21/h3,5,7,9,12,16-18H,4,6,8,10-11H2,1-2H3/t16?,17?,18?,20-/m0/s1. The largest absolute Gasteiger partial charge is 0.497 e. The maximum atomic E-state index is 12.5. The highest BCUT2D eigenvalue weighted by atomic mass is 16.5. The highest BCUT2D eigenvalue weighted by Gasteiger charge is 2.51. The summed E-state index contributed by atoms with van der Waals surface area (Å²) >= 11 is 0. The molecular formula is C20H24O2. The number of allylic oxidation sites excluding steroid dienone is 2. The first kappa shape index (κ1) is 14.0. The predicted molar refractivity (Wildman–Crippen MR) is 87.1 cm³/mol. The average molecular weight is 296 g/mol. The lowest BCUT2D eigenvalue weighted by Crippen LogP contribution is -2.47. The van der Waals surface area contributed by atoms with E-state index in [2.05, 4.69) is 31.2 Å². The zero-order valence-corrected chi connectivity index (χ0v) is 13.5. The van der Waals surface area contributed by atoms with Crippen LogP contribution in [0.1, 0.15) is 49.7 Å². The molecule has 3 aliphatic rings. The van der Waals surface area contributed by atoms with E-state index in [4.69, 9.17) is 4.74 Å². The van der Waals surface area contributed by atoms with Crippen LogP contribution in [-0.2, 0) is 11.2 Å². The fourth-order valence-corrected chi connectivity index (χ4v) is 5.26. The molecular weight excluding hydrogens is 272 g/mol. The molecule has 4 atom stereocenters. The minimum atomic E-state index is -0.111. The molecule has 0 N–H and O–H groups in total. The quantitative estimate of drug-likeness (QED) is 0.773. The van der Waals surface area contributed by atoms with Gasteiger partial charge in [0.2, 0.25) is 0 Å². The van der Waals surface area contributed by atoms with E-state index in [0.29, 0.717) is 23.5 Å². The molecule has 3 unspecified atom stereocenters. The van der Waals surface area contributed by atoms with Crippen molar-refractivity contribution in [2.75, 3.05) is 7.11 Å². The second-order valence-corrected chi connectivity index (χ2v) is 7.44. The maximum Gasteiger partial charge on any atom is 0.161 e. The first-order valence-corrected chi connectivity index (χ1v) is 8.51. The van der Waals surface area contributed by atoms with E-state index in [1.807, 2.05) is 6.08 Å². The predicted octanol–water partition coefficient (Wildman–Crippen LogP) is 4.29. The molecule has 0 heterocycles. The first-order chi connectivity index (χ1) is 10.6. The molecule has 1 aromatic rings. The van der Waals surface area contributed by atoms with Crippen molar-refractivity contribution in [3.8, 4) is 5.75 Å². The van der Waals surface area contributed by atoms with E-state index < -0.39 is 0 Å². The normalized spacial score (nSPS) is 36.3. The third-order valence-electron chi connectivity index (χ3n) is 6.55. The molecule has 0 spiro atoms. The van der Waals surface area contributed by atoms with E-state index in [1.165, 1.54) is 17.5 Å². The zero-order valence-electron chi connectivity index (χ0n) is 13.5. The van der Waals surface area contributed by atoms with Crippen LogP contribution in [0.5, 0.6) is 5.75 Å². The fraction of sp³-hybridized carbons (Fsp3) is 0.550. The van der Waals surface area contributed by atoms with Gasteiger partial charge < -0.3 is 4.74 Å². The van der Waals surface area contributed by atoms with Crippen molar-refractivity contribution in [3.63, 3.8) is 0 Å². The lowest BCUT2D eigenvalue weighted by Gasteiger charge is -2.52. The summed E-state index contributed by atoms with van der Waals surface area (Å²) < 4.78 is 5.38. The molecule has 0 aromatic heterocycles. The molecule has 0 bridgehead atoms. The highest BCUT2D eigenvalue weighted by Crippen LogP contribution is 2.57. The van der Waals surface area contributed by atoms with Crippen LogP contribution < -0.4 is 4.74 Å². The van der Waals surface area contributed by atoms with Crippen molar-refractivity contribution >= 4 is 5.78 Å². The maximum absolute atomic E-state index is 12.5. The molecule has 3 aliphatic carbocycles. The number of ether oxygens (including phenoxy) is 1. The van der Waals surface area contributed by atoms with Crippen molar-refractivity contribution in [1.82, 2.24) is 0 Å². The topological polar surface area (TPSA) is 26.3 Å². The Kier molecular flexibility index (Phi) is 3.18. The van der Waals surface area contributed by atoms with Gasteiger partial charge in [-0.15, -0.1) is 0 Å². The van der Waals surface area contributed by atoms with E-state index >= 15 is 0 Å². The Morgan fingerprint density at radius 1 is 1.27 bits per heavy atom. The van der Waals surface area contributed by atoms with Crippen molar-refractivity contribution in [3.05, 3.63) is 41.5 Å². The minimum Gasteiger partial charge on any atom is -0.497 e. The number of methoxy groups -OCH3 is 1. The summed E-state index contributed by atoms with van der Waals surface area (Å²) in [7, 11) is 1.74. The van der Waals surface area contributed by atoms with Gasteiger partial charge in [-0.3, -0.25) is 4.79 Å². The Morgan fingerprint density at radius 2 is 2.14 bits per heavy atom. The van der Waals surface area contributed by atoms with Crippen molar-refractivity contribution in [2.24, 2.45) is 17.3 Å². The Balaban J connectivity index is 1.71. The van der Waals surface area contributed by atoms with Gasteiger partial charge >= 0.3 is 0 Å². The Morgan fingerprint density at radius 3 is 2.95 bits per heavy atom. The van der Waals surface area contributed by atoms with Gasteiger partial charge in [-0.1, -0.05) is 19.1 Å². The van der Waals surface area contributed by atoms with E-state index in [1.54, 1.807) is 7.11 Å². The van der Waals surface area contributed by atoms with Crippen LogP contribution in [0.25, 0.3) is 0 Å². The third kappa shape index (κ3) is 1.89. The Hall–Kier alpha value is -1.57. The summed E-state index contributed by atoms with van der Waals surface area (Å²) in [5, 5.41) is 0. The van der Waals surface area contributed by atoms with Gasteiger partial charge in [0.05, 0.1) is 7.11 Å². The summed E-state index contributed by atoms with van der Waals surface area (Å²) in [6.07, 6.45) is 9.54. The second kappa shape index (κ2) is 4.97. The number of rotatable bonds is 1. The number of ketones is 1. The summed E-state index contributed by atoms with van der Waals surface area (Å²) in [6.45, 7) is 2.21. The van der Waals surface area contributed by atoms with E-state index in [0.717, 1.165) is 31.4 Å². The fourth-order valence-electron chi connectivity index (χ4n) is 5.26. The molecule has 22 heavy (non-hydrogen) atoms. The van der Waals surface area contributed by atoms with Crippen LogP contribution in [0.3, 0.4) is 0 Å². The van der Waals surface area contributed by atoms with Gasteiger partial charge in [-0.2, -0.15) is 0 Å². The van der Waals surface area contributed by atoms with Crippen LogP contribution in [0.2, 0.25) is 0 Å². The SMILES string of the molecule is COc1ccc2c(c1)CCC1C2CC[C@]2(C)C(=O)C=CCC12. The van der Waals surface area contributed by atoms with Crippen LogP contribution in [0.4, 0.5) is 0 Å². The smallest absolute Gasteiger partial charge is 0.161 e. The first-order valence-electron chi connectivity index (χ1n) is 8.51. The molecule has 4 rings (SSSR count). The molecule has 2 heteroatoms. The monoisotopic (exact) mass is 296 g/mol. The molecule has 0 radical (unpaired) electrons. The summed E-state index contributed by atoms with van der Waals surface area (Å²) in [5.74, 6) is 3.15. The van der Waals surface area contributed by atoms with Crippen LogP contribution in [0, 0.1) is 17.3 Å². The number of aryl methyl sites for hydroxylation is 1. The Bertz CT molecular complexity index is 645. The Labute approximate surface area is 132 Å². The summed E-state index contributed by atoms with van der Waals surface area (Å²) in [4.78, 5) is 12.5. The van der Waals surface area contributed by atoms with Gasteiger partial charge in [-0.05, 0) is 79.2 Å². The second-order valence-electron chi connectivity index (χ2n) is 7.44. The molecule has 2 nitrogen and oxygen atoms in total. The molecule has 0 aliphatic heterocycles. The van der Waals surface area contributed by atoms with Gasteiger partial charge in [0.1, 0.15) is 5.75 Å². The molecule has 116 valence electrons. The van der Waals surface area contributed by atoms with Crippen LogP contribution >= 0.6 is 0 Å².